The number of methoxy groups -OCH3 is 5. The van der Waals surface area contributed by atoms with Gasteiger partial charge in [0, 0.05) is 49.7 Å². The Kier molecular flexibility index (Phi) is 13.5. The van der Waals surface area contributed by atoms with Gasteiger partial charge in [0.2, 0.25) is 0 Å². The van der Waals surface area contributed by atoms with Gasteiger partial charge in [0.15, 0.2) is 0 Å². The molecule has 0 aliphatic carbocycles. The first kappa shape index (κ1) is 44.5. The van der Waals surface area contributed by atoms with Crippen LogP contribution < -0.4 is 33.5 Å². The van der Waals surface area contributed by atoms with Crippen molar-refractivity contribution in [1.29, 1.82) is 0 Å². The van der Waals surface area contributed by atoms with Gasteiger partial charge in [-0.3, -0.25) is 0 Å². The van der Waals surface area contributed by atoms with Gasteiger partial charge in [-0.1, -0.05) is 18.2 Å². The van der Waals surface area contributed by atoms with Gasteiger partial charge in [-0.15, -0.1) is 0 Å². The molecule has 65 heavy (non-hydrogen) atoms. The predicted octanol–water partition coefficient (Wildman–Crippen LogP) is 9.70. The van der Waals surface area contributed by atoms with Crippen LogP contribution in [0.2, 0.25) is 0 Å². The second kappa shape index (κ2) is 19.8. The summed E-state index contributed by atoms with van der Waals surface area (Å²) in [6.07, 6.45) is 3.64. The van der Waals surface area contributed by atoms with Gasteiger partial charge in [-0.2, -0.15) is 0 Å². The molecule has 0 saturated heterocycles. The van der Waals surface area contributed by atoms with E-state index in [9.17, 15) is 18.4 Å². The second-order valence-corrected chi connectivity index (χ2v) is 16.3. The molecule has 0 saturated carbocycles. The Bertz CT molecular complexity index is 2680. The molecule has 6 aromatic rings. The van der Waals surface area contributed by atoms with E-state index < -0.39 is 11.9 Å². The first-order chi connectivity index (χ1) is 31.5. The minimum absolute atomic E-state index is 0.0680. The van der Waals surface area contributed by atoms with Crippen LogP contribution in [0.1, 0.15) is 65.2 Å². The van der Waals surface area contributed by atoms with Crippen LogP contribution in [-0.2, 0) is 56.4 Å². The van der Waals surface area contributed by atoms with Crippen molar-refractivity contribution in [3.05, 3.63) is 170 Å². The highest BCUT2D eigenvalue weighted by atomic mass is 19.1. The average molecular weight is 883 g/mol. The number of benzene rings is 6. The van der Waals surface area contributed by atoms with Crippen LogP contribution in [0.3, 0.4) is 0 Å². The van der Waals surface area contributed by atoms with Gasteiger partial charge >= 0.3 is 11.9 Å². The van der Waals surface area contributed by atoms with Crippen LogP contribution in [0.15, 0.2) is 103 Å². The highest BCUT2D eigenvalue weighted by molar-refractivity contribution is 5.96. The number of halogens is 2. The molecule has 2 aliphatic rings. The number of aryl methyl sites for hydroxylation is 4. The van der Waals surface area contributed by atoms with E-state index in [4.69, 9.17) is 28.4 Å². The third-order valence-corrected chi connectivity index (χ3v) is 12.2. The zero-order valence-electron chi connectivity index (χ0n) is 37.3. The lowest BCUT2D eigenvalue weighted by molar-refractivity contribution is 0.0593. The Morgan fingerprint density at radius 1 is 0.508 bits per heavy atom. The Balaban J connectivity index is 0.946. The van der Waals surface area contributed by atoms with Gasteiger partial charge < -0.3 is 38.2 Å². The molecule has 2 aliphatic heterocycles. The summed E-state index contributed by atoms with van der Waals surface area (Å²) in [4.78, 5) is 31.0. The Morgan fingerprint density at radius 3 is 1.43 bits per heavy atom. The summed E-state index contributed by atoms with van der Waals surface area (Å²) < 4.78 is 62.8. The molecule has 0 N–H and O–H groups in total. The molecule has 8 rings (SSSR count). The predicted molar refractivity (Wildman–Crippen MR) is 245 cm³/mol. The molecule has 0 bridgehead atoms. The van der Waals surface area contributed by atoms with Crippen LogP contribution in [0.4, 0.5) is 20.2 Å². The summed E-state index contributed by atoms with van der Waals surface area (Å²) in [6.45, 7) is 2.70. The molecule has 2 heterocycles. The van der Waals surface area contributed by atoms with E-state index in [2.05, 4.69) is 9.80 Å². The summed E-state index contributed by atoms with van der Waals surface area (Å²) in [5, 5.41) is 0. The van der Waals surface area contributed by atoms with Crippen molar-refractivity contribution in [1.82, 2.24) is 0 Å². The first-order valence-corrected chi connectivity index (χ1v) is 21.6. The van der Waals surface area contributed by atoms with Crippen LogP contribution in [0.5, 0.6) is 28.7 Å². The zero-order valence-corrected chi connectivity index (χ0v) is 37.3. The van der Waals surface area contributed by atoms with E-state index in [1.54, 1.807) is 83.0 Å². The molecule has 336 valence electrons. The van der Waals surface area contributed by atoms with Crippen molar-refractivity contribution in [2.24, 2.45) is 0 Å². The molecule has 12 heteroatoms. The van der Waals surface area contributed by atoms with Gasteiger partial charge in [0.1, 0.15) is 45.9 Å². The summed E-state index contributed by atoms with van der Waals surface area (Å²) in [6, 6.07) is 30.2. The Labute approximate surface area is 378 Å². The lowest BCUT2D eigenvalue weighted by Crippen LogP contribution is -2.21. The van der Waals surface area contributed by atoms with Crippen molar-refractivity contribution in [3.63, 3.8) is 0 Å². The highest BCUT2D eigenvalue weighted by Crippen LogP contribution is 2.38. The standard InChI is InChI=1S/C53H52F2N2O8/c1-60-44-20-35(21-45(29-44)61-2)31-56-18-16-40-27-42(54)25-38(50(40)56)13-8-33-6-11-37(12-7-33)52(58)65-49-24-34(10-15-48(49)53(59)64-5)9-14-39-26-43(55)28-41-17-19-57(51(39)41)32-36-22-46(62-3)30-47(23-36)63-4/h6-7,10-12,15,20-30H,8-9,13-14,16-19,31-32H2,1-5H3. The van der Waals surface area contributed by atoms with Crippen molar-refractivity contribution < 1.29 is 46.8 Å². The molecule has 0 amide bonds. The number of rotatable bonds is 17. The summed E-state index contributed by atoms with van der Waals surface area (Å²) in [7, 11) is 7.76. The van der Waals surface area contributed by atoms with Gasteiger partial charge in [0.25, 0.3) is 0 Å². The number of ether oxygens (including phenoxy) is 6. The third-order valence-electron chi connectivity index (χ3n) is 12.2. The molecule has 6 aromatic carbocycles. The largest absolute Gasteiger partial charge is 0.497 e. The van der Waals surface area contributed by atoms with Crippen LogP contribution >= 0.6 is 0 Å². The van der Waals surface area contributed by atoms with Crippen LogP contribution in [0.25, 0.3) is 0 Å². The van der Waals surface area contributed by atoms with E-state index in [-0.39, 0.29) is 22.9 Å². The fourth-order valence-electron chi connectivity index (χ4n) is 9.03. The minimum Gasteiger partial charge on any atom is -0.497 e. The molecule has 0 unspecified atom stereocenters. The molecule has 0 fully saturated rings. The molecule has 0 spiro atoms. The SMILES string of the molecule is COC(=O)c1ccc(CCc2cc(F)cc3c2N(Cc2cc(OC)cc(OC)c2)CC3)cc1OC(=O)c1ccc(CCc2cc(F)cc3c2N(Cc2cc(OC)cc(OC)c2)CC3)cc1. The van der Waals surface area contributed by atoms with Crippen molar-refractivity contribution in [2.45, 2.75) is 51.6 Å². The number of fused-ring (bicyclic) bond motifs is 2. The highest BCUT2D eigenvalue weighted by Gasteiger charge is 2.26. The van der Waals surface area contributed by atoms with E-state index in [0.717, 1.165) is 75.4 Å². The zero-order chi connectivity index (χ0) is 45.6. The smallest absolute Gasteiger partial charge is 0.343 e. The van der Waals surface area contributed by atoms with Gasteiger partial charge in [-0.25, -0.2) is 18.4 Å². The van der Waals surface area contributed by atoms with Crippen molar-refractivity contribution >= 4 is 23.3 Å². The molecular weight excluding hydrogens is 831 g/mol. The monoisotopic (exact) mass is 882 g/mol. The number of hydrogen-bond acceptors (Lipinski definition) is 10. The number of hydrogen-bond donors (Lipinski definition) is 0. The number of anilines is 2. The number of carbonyl (C=O) groups excluding carboxylic acids is 2. The van der Waals surface area contributed by atoms with Crippen LogP contribution in [-0.4, -0.2) is 60.6 Å². The topological polar surface area (TPSA) is 96.0 Å². The maximum atomic E-state index is 15.0. The maximum absolute atomic E-state index is 15.0. The number of esters is 2. The summed E-state index contributed by atoms with van der Waals surface area (Å²) >= 11 is 0. The number of nitrogens with zero attached hydrogens (tertiary/aromatic N) is 2. The van der Waals surface area contributed by atoms with E-state index in [1.807, 2.05) is 48.5 Å². The summed E-state index contributed by atoms with van der Waals surface area (Å²) in [5.41, 5.74) is 9.94. The van der Waals surface area contributed by atoms with E-state index in [0.29, 0.717) is 73.8 Å². The lowest BCUT2D eigenvalue weighted by atomic mass is 9.98. The number of carbonyl (C=O) groups is 2. The molecule has 0 atom stereocenters. The molecule has 10 nitrogen and oxygen atoms in total. The molecular formula is C53H52F2N2O8. The Hall–Kier alpha value is -7.08. The lowest BCUT2D eigenvalue weighted by Gasteiger charge is -2.23. The van der Waals surface area contributed by atoms with E-state index in [1.165, 1.54) is 7.11 Å². The fraction of sp³-hybridized carbons (Fsp3) is 0.283. The van der Waals surface area contributed by atoms with E-state index >= 15 is 0 Å². The molecule has 0 aromatic heterocycles. The quantitative estimate of drug-likeness (QED) is 0.0651. The Morgan fingerprint density at radius 2 is 0.969 bits per heavy atom. The average Bonchev–Trinajstić information content (AvgIpc) is 3.92. The third kappa shape index (κ3) is 10.2. The molecule has 0 radical (unpaired) electrons. The summed E-state index contributed by atoms with van der Waals surface area (Å²) in [5.74, 6) is 1.03. The second-order valence-electron chi connectivity index (χ2n) is 16.3. The first-order valence-electron chi connectivity index (χ1n) is 21.6. The fourth-order valence-corrected chi connectivity index (χ4v) is 9.03. The van der Waals surface area contributed by atoms with Crippen LogP contribution in [0, 0.1) is 11.6 Å². The van der Waals surface area contributed by atoms with Crippen molar-refractivity contribution in [2.75, 3.05) is 58.4 Å². The normalized spacial score (nSPS) is 12.7. The van der Waals surface area contributed by atoms with Gasteiger partial charge in [-0.05, 0) is 156 Å². The van der Waals surface area contributed by atoms with Crippen molar-refractivity contribution in [3.8, 4) is 28.7 Å². The maximum Gasteiger partial charge on any atom is 0.343 e. The minimum atomic E-state index is -0.645. The van der Waals surface area contributed by atoms with Gasteiger partial charge in [0.05, 0.1) is 41.1 Å².